The highest BCUT2D eigenvalue weighted by Gasteiger charge is 2.22. The lowest BCUT2D eigenvalue weighted by atomic mass is 10.2. The third kappa shape index (κ3) is 4.70. The summed E-state index contributed by atoms with van der Waals surface area (Å²) in [5.41, 5.74) is 1.35. The Labute approximate surface area is 151 Å². The lowest BCUT2D eigenvalue weighted by molar-refractivity contribution is -0.116. The van der Waals surface area contributed by atoms with Gasteiger partial charge in [-0.1, -0.05) is 40.9 Å². The van der Waals surface area contributed by atoms with Crippen LogP contribution in [0.5, 0.6) is 0 Å². The Morgan fingerprint density at radius 1 is 1.08 bits per heavy atom. The molecule has 0 aliphatic rings. The fraction of sp³-hybridized carbons (Fsp3) is 0.188. The van der Waals surface area contributed by atoms with Crippen molar-refractivity contribution >= 4 is 44.8 Å². The maximum atomic E-state index is 12.4. The lowest BCUT2D eigenvalue weighted by Crippen LogP contribution is -2.34. The van der Waals surface area contributed by atoms with E-state index in [0.29, 0.717) is 15.7 Å². The van der Waals surface area contributed by atoms with E-state index in [-0.39, 0.29) is 11.4 Å². The highest BCUT2D eigenvalue weighted by Crippen LogP contribution is 2.22. The molecule has 0 aliphatic heterocycles. The standard InChI is InChI=1S/C16H16Cl2N2O3S/c1-11-3-5-15(6-4-11)24(22,23)20(2)10-16(21)19-14-8-12(17)7-13(18)9-14/h3-9H,10H2,1-2H3,(H,19,21). The van der Waals surface area contributed by atoms with Crippen molar-refractivity contribution in [2.75, 3.05) is 18.9 Å². The number of nitrogens with zero attached hydrogens (tertiary/aromatic N) is 1. The maximum absolute atomic E-state index is 12.4. The molecule has 5 nitrogen and oxygen atoms in total. The van der Waals surface area contributed by atoms with Gasteiger partial charge >= 0.3 is 0 Å². The van der Waals surface area contributed by atoms with Crippen LogP contribution in [0.3, 0.4) is 0 Å². The molecule has 0 saturated heterocycles. The number of nitrogens with one attached hydrogen (secondary N) is 1. The summed E-state index contributed by atoms with van der Waals surface area (Å²) in [6.07, 6.45) is 0. The van der Waals surface area contributed by atoms with Crippen LogP contribution in [-0.2, 0) is 14.8 Å². The van der Waals surface area contributed by atoms with Gasteiger partial charge in [0, 0.05) is 22.8 Å². The van der Waals surface area contributed by atoms with Gasteiger partial charge in [-0.25, -0.2) is 8.42 Å². The first-order chi connectivity index (χ1) is 11.2. The van der Waals surface area contributed by atoms with Gasteiger partial charge in [-0.15, -0.1) is 0 Å². The first-order valence-electron chi connectivity index (χ1n) is 6.97. The number of amides is 1. The van der Waals surface area contributed by atoms with Crippen molar-refractivity contribution in [3.8, 4) is 0 Å². The van der Waals surface area contributed by atoms with Gasteiger partial charge in [-0.05, 0) is 37.3 Å². The molecule has 2 aromatic rings. The van der Waals surface area contributed by atoms with E-state index in [1.165, 1.54) is 37.4 Å². The van der Waals surface area contributed by atoms with Gasteiger partial charge in [0.25, 0.3) is 0 Å². The molecule has 0 fully saturated rings. The molecule has 0 radical (unpaired) electrons. The topological polar surface area (TPSA) is 66.5 Å². The average molecular weight is 387 g/mol. The zero-order valence-electron chi connectivity index (χ0n) is 13.1. The molecule has 2 aromatic carbocycles. The van der Waals surface area contributed by atoms with Crippen molar-refractivity contribution in [3.63, 3.8) is 0 Å². The van der Waals surface area contributed by atoms with Crippen LogP contribution < -0.4 is 5.32 Å². The molecule has 0 unspecified atom stereocenters. The molecule has 2 rings (SSSR count). The van der Waals surface area contributed by atoms with Crippen LogP contribution in [0.4, 0.5) is 5.69 Å². The van der Waals surface area contributed by atoms with Gasteiger partial charge in [0.05, 0.1) is 11.4 Å². The Kier molecular flexibility index (Phi) is 5.87. The summed E-state index contributed by atoms with van der Waals surface area (Å²) in [7, 11) is -2.39. The van der Waals surface area contributed by atoms with Crippen molar-refractivity contribution in [1.29, 1.82) is 0 Å². The quantitative estimate of drug-likeness (QED) is 0.853. The molecule has 8 heteroatoms. The average Bonchev–Trinajstić information content (AvgIpc) is 2.46. The van der Waals surface area contributed by atoms with E-state index in [2.05, 4.69) is 5.32 Å². The van der Waals surface area contributed by atoms with Gasteiger partial charge in [-0.3, -0.25) is 4.79 Å². The minimum atomic E-state index is -3.74. The number of halogens is 2. The minimum absolute atomic E-state index is 0.134. The second kappa shape index (κ2) is 7.53. The van der Waals surface area contributed by atoms with Crippen LogP contribution >= 0.6 is 23.2 Å². The van der Waals surface area contributed by atoms with Crippen molar-refractivity contribution in [3.05, 3.63) is 58.1 Å². The highest BCUT2D eigenvalue weighted by atomic mass is 35.5. The second-order valence-corrected chi connectivity index (χ2v) is 8.20. The lowest BCUT2D eigenvalue weighted by Gasteiger charge is -2.17. The summed E-state index contributed by atoms with van der Waals surface area (Å²) < 4.78 is 25.9. The molecule has 1 amide bonds. The number of rotatable bonds is 5. The SMILES string of the molecule is Cc1ccc(S(=O)(=O)N(C)CC(=O)Nc2cc(Cl)cc(Cl)c2)cc1. The summed E-state index contributed by atoms with van der Waals surface area (Å²) >= 11 is 11.7. The van der Waals surface area contributed by atoms with Gasteiger partial charge < -0.3 is 5.32 Å². The highest BCUT2D eigenvalue weighted by molar-refractivity contribution is 7.89. The Morgan fingerprint density at radius 2 is 1.62 bits per heavy atom. The van der Waals surface area contributed by atoms with Crippen molar-refractivity contribution in [1.82, 2.24) is 4.31 Å². The van der Waals surface area contributed by atoms with Crippen LogP contribution in [0.2, 0.25) is 10.0 Å². The van der Waals surface area contributed by atoms with E-state index in [1.54, 1.807) is 12.1 Å². The van der Waals surface area contributed by atoms with E-state index < -0.39 is 15.9 Å². The van der Waals surface area contributed by atoms with Gasteiger partial charge in [0.2, 0.25) is 15.9 Å². The molecule has 0 spiro atoms. The van der Waals surface area contributed by atoms with Gasteiger partial charge in [-0.2, -0.15) is 4.31 Å². The van der Waals surface area contributed by atoms with E-state index in [4.69, 9.17) is 23.2 Å². The predicted octanol–water partition coefficient (Wildman–Crippen LogP) is 3.56. The van der Waals surface area contributed by atoms with E-state index in [0.717, 1.165) is 9.87 Å². The monoisotopic (exact) mass is 386 g/mol. The third-order valence-corrected chi connectivity index (χ3v) is 5.50. The normalized spacial score (nSPS) is 11.5. The first kappa shape index (κ1) is 18.7. The van der Waals surface area contributed by atoms with Crippen molar-refractivity contribution < 1.29 is 13.2 Å². The number of anilines is 1. The number of benzene rings is 2. The summed E-state index contributed by atoms with van der Waals surface area (Å²) in [5.74, 6) is -0.494. The van der Waals surface area contributed by atoms with Crippen LogP contribution in [0, 0.1) is 6.92 Å². The second-order valence-electron chi connectivity index (χ2n) is 5.28. The summed E-state index contributed by atoms with van der Waals surface area (Å²) in [6, 6.07) is 11.0. The number of hydrogen-bond donors (Lipinski definition) is 1. The predicted molar refractivity (Wildman–Crippen MR) is 96.1 cm³/mol. The molecule has 0 aromatic heterocycles. The van der Waals surface area contributed by atoms with Crippen molar-refractivity contribution in [2.24, 2.45) is 0 Å². The molecule has 0 aliphatic carbocycles. The number of hydrogen-bond acceptors (Lipinski definition) is 3. The van der Waals surface area contributed by atoms with Crippen LogP contribution in [-0.4, -0.2) is 32.2 Å². The van der Waals surface area contributed by atoms with E-state index in [9.17, 15) is 13.2 Å². The largest absolute Gasteiger partial charge is 0.325 e. The summed E-state index contributed by atoms with van der Waals surface area (Å²) in [4.78, 5) is 12.2. The number of likely N-dealkylation sites (N-methyl/N-ethyl adjacent to an activating group) is 1. The maximum Gasteiger partial charge on any atom is 0.243 e. The Morgan fingerprint density at radius 3 is 2.17 bits per heavy atom. The molecule has 0 saturated carbocycles. The molecular formula is C16H16Cl2N2O3S. The van der Waals surface area contributed by atoms with Gasteiger partial charge in [0.1, 0.15) is 0 Å². The molecule has 0 bridgehead atoms. The zero-order chi connectivity index (χ0) is 17.9. The van der Waals surface area contributed by atoms with Gasteiger partial charge in [0.15, 0.2) is 0 Å². The first-order valence-corrected chi connectivity index (χ1v) is 9.17. The summed E-state index contributed by atoms with van der Waals surface area (Å²) in [6.45, 7) is 1.53. The number of sulfonamides is 1. The van der Waals surface area contributed by atoms with E-state index >= 15 is 0 Å². The van der Waals surface area contributed by atoms with Crippen LogP contribution in [0.25, 0.3) is 0 Å². The van der Waals surface area contributed by atoms with E-state index in [1.807, 2.05) is 6.92 Å². The summed E-state index contributed by atoms with van der Waals surface area (Å²) in [5, 5.41) is 3.32. The third-order valence-electron chi connectivity index (χ3n) is 3.24. The number of carbonyl (C=O) groups is 1. The van der Waals surface area contributed by atoms with Crippen LogP contribution in [0.15, 0.2) is 47.4 Å². The Bertz CT molecular complexity index is 832. The smallest absolute Gasteiger partial charge is 0.243 e. The fourth-order valence-corrected chi connectivity index (χ4v) is 3.66. The minimum Gasteiger partial charge on any atom is -0.325 e. The Hall–Kier alpha value is -1.60. The molecule has 128 valence electrons. The number of carbonyl (C=O) groups excluding carboxylic acids is 1. The fourth-order valence-electron chi connectivity index (χ4n) is 2.00. The molecular weight excluding hydrogens is 371 g/mol. The molecule has 1 N–H and O–H groups in total. The molecule has 0 heterocycles. The van der Waals surface area contributed by atoms with Crippen molar-refractivity contribution in [2.45, 2.75) is 11.8 Å². The number of aryl methyl sites for hydroxylation is 1. The molecule has 0 atom stereocenters. The molecule has 24 heavy (non-hydrogen) atoms. The van der Waals surface area contributed by atoms with Crippen LogP contribution in [0.1, 0.15) is 5.56 Å². The Balaban J connectivity index is 2.09. The zero-order valence-corrected chi connectivity index (χ0v) is 15.4.